The number of fused-ring (bicyclic) bond motifs is 1. The van der Waals surface area contributed by atoms with E-state index < -0.39 is 0 Å². The molecule has 0 bridgehead atoms. The van der Waals surface area contributed by atoms with Crippen LogP contribution < -0.4 is 5.32 Å². The molecule has 1 atom stereocenters. The number of hydrogen-bond acceptors (Lipinski definition) is 6. The van der Waals surface area contributed by atoms with E-state index in [1.165, 1.54) is 19.5 Å². The van der Waals surface area contributed by atoms with Crippen molar-refractivity contribution in [2.45, 2.75) is 13.0 Å². The van der Waals surface area contributed by atoms with Crippen molar-refractivity contribution in [1.82, 2.24) is 19.8 Å². The number of anilines is 1. The van der Waals surface area contributed by atoms with Crippen LogP contribution in [0.5, 0.6) is 0 Å². The van der Waals surface area contributed by atoms with E-state index in [1.54, 1.807) is 11.3 Å². The summed E-state index contributed by atoms with van der Waals surface area (Å²) in [7, 11) is 6.29. The van der Waals surface area contributed by atoms with Crippen molar-refractivity contribution < 1.29 is 0 Å². The van der Waals surface area contributed by atoms with E-state index in [2.05, 4.69) is 50.6 Å². The van der Waals surface area contributed by atoms with Crippen molar-refractivity contribution in [2.75, 3.05) is 46.1 Å². The number of thiophene rings is 1. The molecule has 0 aromatic carbocycles. The van der Waals surface area contributed by atoms with Gasteiger partial charge in [-0.05, 0) is 44.4 Å². The van der Waals surface area contributed by atoms with Crippen LogP contribution in [0.3, 0.4) is 0 Å². The Balaban J connectivity index is 1.69. The fourth-order valence-electron chi connectivity index (χ4n) is 3.08. The van der Waals surface area contributed by atoms with Crippen LogP contribution >= 0.6 is 11.3 Å². The minimum absolute atomic E-state index is 0.772. The fraction of sp³-hybridized carbons (Fsp3) is 0.600. The van der Waals surface area contributed by atoms with E-state index >= 15 is 0 Å². The largest absolute Gasteiger partial charge is 0.372 e. The van der Waals surface area contributed by atoms with Gasteiger partial charge in [0.05, 0.1) is 11.9 Å². The molecule has 1 unspecified atom stereocenters. The summed E-state index contributed by atoms with van der Waals surface area (Å²) in [5, 5.41) is 6.37. The molecular weight excluding hydrogens is 282 g/mol. The molecule has 0 spiro atoms. The fourth-order valence-corrected chi connectivity index (χ4v) is 3.87. The van der Waals surface area contributed by atoms with Crippen LogP contribution in [0.25, 0.3) is 10.2 Å². The molecule has 6 heteroatoms. The maximum Gasteiger partial charge on any atom is 0.146 e. The van der Waals surface area contributed by atoms with Crippen LogP contribution in [0.1, 0.15) is 12.2 Å². The third-order valence-electron chi connectivity index (χ3n) is 4.08. The Morgan fingerprint density at radius 1 is 1.48 bits per heavy atom. The minimum atomic E-state index is 0.772. The molecule has 1 aliphatic rings. The normalized spacial score (nSPS) is 19.7. The summed E-state index contributed by atoms with van der Waals surface area (Å²) < 4.78 is 0. The second-order valence-corrected chi connectivity index (χ2v) is 6.89. The summed E-state index contributed by atoms with van der Waals surface area (Å²) >= 11 is 1.68. The molecule has 3 rings (SSSR count). The van der Waals surface area contributed by atoms with Gasteiger partial charge in [0.2, 0.25) is 0 Å². The van der Waals surface area contributed by atoms with Crippen molar-refractivity contribution in [3.8, 4) is 0 Å². The summed E-state index contributed by atoms with van der Waals surface area (Å²) in [5.74, 6) is 2.61. The van der Waals surface area contributed by atoms with Gasteiger partial charge in [0.15, 0.2) is 0 Å². The highest BCUT2D eigenvalue weighted by Gasteiger charge is 2.21. The van der Waals surface area contributed by atoms with Crippen molar-refractivity contribution >= 4 is 27.4 Å². The Hall–Kier alpha value is -1.24. The highest BCUT2D eigenvalue weighted by Crippen LogP contribution is 2.25. The van der Waals surface area contributed by atoms with Crippen LogP contribution in [0.2, 0.25) is 0 Å². The van der Waals surface area contributed by atoms with Gasteiger partial charge in [-0.1, -0.05) is 0 Å². The number of nitrogens with one attached hydrogen (secondary N) is 1. The van der Waals surface area contributed by atoms with Crippen LogP contribution in [-0.4, -0.2) is 60.5 Å². The maximum absolute atomic E-state index is 4.69. The molecule has 0 radical (unpaired) electrons. The van der Waals surface area contributed by atoms with E-state index in [-0.39, 0.29) is 0 Å². The Bertz CT molecular complexity index is 611. The molecule has 5 nitrogen and oxygen atoms in total. The topological polar surface area (TPSA) is 44.3 Å². The predicted molar refractivity (Wildman–Crippen MR) is 88.9 cm³/mol. The highest BCUT2D eigenvalue weighted by atomic mass is 32.1. The van der Waals surface area contributed by atoms with E-state index in [9.17, 15) is 0 Å². The molecule has 1 fully saturated rings. The SMILES string of the molecule is CNc1nc(CN(C)CC2CCN(C)C2)nc2sccc12. The van der Waals surface area contributed by atoms with Crippen LogP contribution in [0.15, 0.2) is 11.4 Å². The monoisotopic (exact) mass is 305 g/mol. The molecule has 1 aliphatic heterocycles. The van der Waals surface area contributed by atoms with E-state index in [4.69, 9.17) is 0 Å². The van der Waals surface area contributed by atoms with Gasteiger partial charge in [0.1, 0.15) is 16.5 Å². The third kappa shape index (κ3) is 3.33. The molecule has 1 saturated heterocycles. The molecule has 2 aromatic rings. The summed E-state index contributed by atoms with van der Waals surface area (Å²) in [6.45, 7) is 4.35. The van der Waals surface area contributed by atoms with Crippen molar-refractivity contribution in [3.63, 3.8) is 0 Å². The van der Waals surface area contributed by atoms with Gasteiger partial charge >= 0.3 is 0 Å². The highest BCUT2D eigenvalue weighted by molar-refractivity contribution is 7.16. The van der Waals surface area contributed by atoms with Crippen molar-refractivity contribution in [1.29, 1.82) is 0 Å². The summed E-state index contributed by atoms with van der Waals surface area (Å²) in [4.78, 5) is 15.2. The predicted octanol–water partition coefficient (Wildman–Crippen LogP) is 2.12. The first kappa shape index (κ1) is 14.7. The number of aromatic nitrogens is 2. The summed E-state index contributed by atoms with van der Waals surface area (Å²) in [6, 6.07) is 2.08. The summed E-state index contributed by atoms with van der Waals surface area (Å²) in [5.41, 5.74) is 0. The van der Waals surface area contributed by atoms with E-state index in [1.807, 2.05) is 7.05 Å². The lowest BCUT2D eigenvalue weighted by Gasteiger charge is -2.20. The first-order chi connectivity index (χ1) is 10.2. The van der Waals surface area contributed by atoms with Gasteiger partial charge in [-0.15, -0.1) is 11.3 Å². The molecule has 21 heavy (non-hydrogen) atoms. The van der Waals surface area contributed by atoms with Crippen LogP contribution in [0, 0.1) is 5.92 Å². The molecule has 0 saturated carbocycles. The second kappa shape index (κ2) is 6.25. The molecule has 0 amide bonds. The number of hydrogen-bond donors (Lipinski definition) is 1. The standard InChI is InChI=1S/C15H23N5S/c1-16-14-12-5-7-21-15(12)18-13(17-14)10-20(3)9-11-4-6-19(2)8-11/h5,7,11H,4,6,8-10H2,1-3H3,(H,16,17,18). The lowest BCUT2D eigenvalue weighted by molar-refractivity contribution is 0.262. The number of nitrogens with zero attached hydrogens (tertiary/aromatic N) is 4. The van der Waals surface area contributed by atoms with Gasteiger partial charge in [-0.2, -0.15) is 0 Å². The molecule has 1 N–H and O–H groups in total. The average Bonchev–Trinajstić information content (AvgIpc) is 3.06. The van der Waals surface area contributed by atoms with Gasteiger partial charge in [-0.25, -0.2) is 9.97 Å². The molecular formula is C15H23N5S. The maximum atomic E-state index is 4.69. The van der Waals surface area contributed by atoms with Crippen molar-refractivity contribution in [3.05, 3.63) is 17.3 Å². The lowest BCUT2D eigenvalue weighted by atomic mass is 10.1. The molecule has 0 aliphatic carbocycles. The van der Waals surface area contributed by atoms with Gasteiger partial charge in [0, 0.05) is 20.1 Å². The van der Waals surface area contributed by atoms with Gasteiger partial charge in [-0.3, -0.25) is 4.90 Å². The van der Waals surface area contributed by atoms with Crippen molar-refractivity contribution in [2.24, 2.45) is 5.92 Å². The van der Waals surface area contributed by atoms with E-state index in [0.717, 1.165) is 40.9 Å². The quantitative estimate of drug-likeness (QED) is 0.916. The minimum Gasteiger partial charge on any atom is -0.372 e. The number of likely N-dealkylation sites (tertiary alicyclic amines) is 1. The zero-order valence-electron chi connectivity index (χ0n) is 13.0. The first-order valence-corrected chi connectivity index (χ1v) is 8.32. The average molecular weight is 305 g/mol. The second-order valence-electron chi connectivity index (χ2n) is 5.99. The summed E-state index contributed by atoms with van der Waals surface area (Å²) in [6.07, 6.45) is 1.30. The number of rotatable bonds is 5. The Morgan fingerprint density at radius 2 is 2.33 bits per heavy atom. The Labute approximate surface area is 130 Å². The Morgan fingerprint density at radius 3 is 3.05 bits per heavy atom. The third-order valence-corrected chi connectivity index (χ3v) is 4.88. The van der Waals surface area contributed by atoms with Gasteiger partial charge in [0.25, 0.3) is 0 Å². The van der Waals surface area contributed by atoms with Crippen LogP contribution in [-0.2, 0) is 6.54 Å². The molecule has 114 valence electrons. The van der Waals surface area contributed by atoms with Crippen LogP contribution in [0.4, 0.5) is 5.82 Å². The van der Waals surface area contributed by atoms with E-state index in [0.29, 0.717) is 0 Å². The zero-order chi connectivity index (χ0) is 14.8. The van der Waals surface area contributed by atoms with Gasteiger partial charge < -0.3 is 10.2 Å². The molecule has 3 heterocycles. The smallest absolute Gasteiger partial charge is 0.146 e. The zero-order valence-corrected chi connectivity index (χ0v) is 13.8. The Kier molecular flexibility index (Phi) is 4.37. The first-order valence-electron chi connectivity index (χ1n) is 7.44. The lowest BCUT2D eigenvalue weighted by Crippen LogP contribution is -2.27. The molecule has 2 aromatic heterocycles.